The van der Waals surface area contributed by atoms with Crippen molar-refractivity contribution < 1.29 is 0 Å². The maximum atomic E-state index is 5.97. The van der Waals surface area contributed by atoms with Crippen LogP contribution in [-0.4, -0.2) is 23.1 Å². The average Bonchev–Trinajstić information content (AvgIpc) is 3.06. The van der Waals surface area contributed by atoms with Gasteiger partial charge >= 0.3 is 0 Å². The lowest BCUT2D eigenvalue weighted by Crippen LogP contribution is -2.35. The van der Waals surface area contributed by atoms with Gasteiger partial charge in [0, 0.05) is 17.8 Å². The van der Waals surface area contributed by atoms with Gasteiger partial charge in [-0.2, -0.15) is 0 Å². The van der Waals surface area contributed by atoms with Crippen LogP contribution in [0.1, 0.15) is 43.4 Å². The van der Waals surface area contributed by atoms with E-state index < -0.39 is 0 Å². The molecular weight excluding hydrogens is 224 g/mol. The molecule has 0 unspecified atom stereocenters. The molecule has 3 rings (SSSR count). The van der Waals surface area contributed by atoms with Crippen LogP contribution in [-0.2, 0) is 12.8 Å². The Morgan fingerprint density at radius 1 is 1.17 bits per heavy atom. The van der Waals surface area contributed by atoms with Crippen LogP contribution in [0.4, 0.5) is 5.82 Å². The molecule has 98 valence electrons. The van der Waals surface area contributed by atoms with E-state index in [1.807, 2.05) is 0 Å². The van der Waals surface area contributed by atoms with Crippen LogP contribution >= 0.6 is 0 Å². The lowest BCUT2D eigenvalue weighted by molar-refractivity contribution is 0.331. The zero-order valence-electron chi connectivity index (χ0n) is 10.9. The van der Waals surface area contributed by atoms with E-state index in [0.717, 1.165) is 31.7 Å². The van der Waals surface area contributed by atoms with Crippen LogP contribution in [0, 0.1) is 5.41 Å². The SMILES string of the molecule is NCC1(CNc2ncnc3c2CCC3)CCCC1. The minimum atomic E-state index is 0.302. The van der Waals surface area contributed by atoms with E-state index in [1.54, 1.807) is 6.33 Å². The molecule has 0 amide bonds. The molecule has 0 saturated heterocycles. The summed E-state index contributed by atoms with van der Waals surface area (Å²) in [5, 5.41) is 3.55. The summed E-state index contributed by atoms with van der Waals surface area (Å²) >= 11 is 0. The third-order valence-corrected chi connectivity index (χ3v) is 4.60. The molecule has 0 spiro atoms. The quantitative estimate of drug-likeness (QED) is 0.851. The van der Waals surface area contributed by atoms with E-state index in [-0.39, 0.29) is 0 Å². The van der Waals surface area contributed by atoms with E-state index in [2.05, 4.69) is 15.3 Å². The van der Waals surface area contributed by atoms with E-state index >= 15 is 0 Å². The Morgan fingerprint density at radius 3 is 2.78 bits per heavy atom. The zero-order valence-corrected chi connectivity index (χ0v) is 10.9. The van der Waals surface area contributed by atoms with Gasteiger partial charge in [-0.3, -0.25) is 0 Å². The van der Waals surface area contributed by atoms with Crippen molar-refractivity contribution in [3.8, 4) is 0 Å². The molecular formula is C14H22N4. The molecule has 0 aromatic carbocycles. The summed E-state index contributed by atoms with van der Waals surface area (Å²) in [6, 6.07) is 0. The normalized spacial score (nSPS) is 20.9. The van der Waals surface area contributed by atoms with Crippen molar-refractivity contribution in [2.24, 2.45) is 11.1 Å². The third kappa shape index (κ3) is 2.09. The first-order chi connectivity index (χ1) is 8.83. The highest BCUT2D eigenvalue weighted by Gasteiger charge is 2.32. The van der Waals surface area contributed by atoms with Crippen molar-refractivity contribution in [3.05, 3.63) is 17.6 Å². The van der Waals surface area contributed by atoms with Gasteiger partial charge in [-0.1, -0.05) is 12.8 Å². The lowest BCUT2D eigenvalue weighted by atomic mass is 9.86. The number of fused-ring (bicyclic) bond motifs is 1. The number of nitrogens with one attached hydrogen (secondary N) is 1. The number of aryl methyl sites for hydroxylation is 1. The Bertz CT molecular complexity index is 424. The Balaban J connectivity index is 1.72. The zero-order chi connectivity index (χ0) is 12.4. The van der Waals surface area contributed by atoms with Gasteiger partial charge in [-0.05, 0) is 44.1 Å². The fourth-order valence-corrected chi connectivity index (χ4v) is 3.36. The molecule has 18 heavy (non-hydrogen) atoms. The first-order valence-corrected chi connectivity index (χ1v) is 7.10. The molecule has 1 aromatic heterocycles. The van der Waals surface area contributed by atoms with E-state index in [4.69, 9.17) is 5.73 Å². The van der Waals surface area contributed by atoms with Crippen LogP contribution in [0.15, 0.2) is 6.33 Å². The minimum Gasteiger partial charge on any atom is -0.369 e. The molecule has 2 aliphatic carbocycles. The molecule has 4 heteroatoms. The molecule has 4 nitrogen and oxygen atoms in total. The molecule has 1 fully saturated rings. The van der Waals surface area contributed by atoms with E-state index in [0.29, 0.717) is 5.41 Å². The number of nitrogens with two attached hydrogens (primary N) is 1. The molecule has 3 N–H and O–H groups in total. The summed E-state index contributed by atoms with van der Waals surface area (Å²) in [4.78, 5) is 8.78. The number of nitrogens with zero attached hydrogens (tertiary/aromatic N) is 2. The monoisotopic (exact) mass is 246 g/mol. The topological polar surface area (TPSA) is 63.8 Å². The second-order valence-corrected chi connectivity index (χ2v) is 5.77. The molecule has 0 radical (unpaired) electrons. The third-order valence-electron chi connectivity index (χ3n) is 4.60. The highest BCUT2D eigenvalue weighted by atomic mass is 15.0. The lowest BCUT2D eigenvalue weighted by Gasteiger charge is -2.28. The molecule has 0 atom stereocenters. The Labute approximate surface area is 108 Å². The van der Waals surface area contributed by atoms with Crippen molar-refractivity contribution in [1.82, 2.24) is 9.97 Å². The molecule has 1 saturated carbocycles. The van der Waals surface area contributed by atoms with Gasteiger partial charge < -0.3 is 11.1 Å². The largest absolute Gasteiger partial charge is 0.369 e. The number of rotatable bonds is 4. The van der Waals surface area contributed by atoms with Crippen LogP contribution in [0.5, 0.6) is 0 Å². The summed E-state index contributed by atoms with van der Waals surface area (Å²) < 4.78 is 0. The maximum Gasteiger partial charge on any atom is 0.132 e. The Kier molecular flexibility index (Phi) is 3.20. The first-order valence-electron chi connectivity index (χ1n) is 7.10. The fourth-order valence-electron chi connectivity index (χ4n) is 3.36. The van der Waals surface area contributed by atoms with Gasteiger partial charge in [-0.15, -0.1) is 0 Å². The summed E-state index contributed by atoms with van der Waals surface area (Å²) in [5.74, 6) is 1.05. The van der Waals surface area contributed by atoms with Gasteiger partial charge in [-0.25, -0.2) is 9.97 Å². The van der Waals surface area contributed by atoms with Gasteiger partial charge in [0.2, 0.25) is 0 Å². The van der Waals surface area contributed by atoms with Crippen LogP contribution in [0.3, 0.4) is 0 Å². The summed E-state index contributed by atoms with van der Waals surface area (Å²) in [6.45, 7) is 1.75. The van der Waals surface area contributed by atoms with Crippen LogP contribution in [0.2, 0.25) is 0 Å². The second kappa shape index (κ2) is 4.84. The van der Waals surface area contributed by atoms with Gasteiger partial charge in [0.05, 0.1) is 0 Å². The first kappa shape index (κ1) is 11.9. The molecule has 1 aromatic rings. The Hall–Kier alpha value is -1.16. The van der Waals surface area contributed by atoms with E-state index in [1.165, 1.54) is 43.4 Å². The minimum absolute atomic E-state index is 0.302. The van der Waals surface area contributed by atoms with Gasteiger partial charge in [0.25, 0.3) is 0 Å². The van der Waals surface area contributed by atoms with Crippen molar-refractivity contribution in [3.63, 3.8) is 0 Å². The predicted octanol–water partition coefficient (Wildman–Crippen LogP) is 1.90. The Morgan fingerprint density at radius 2 is 2.00 bits per heavy atom. The highest BCUT2D eigenvalue weighted by Crippen LogP contribution is 2.37. The molecule has 2 aliphatic rings. The summed E-state index contributed by atoms with van der Waals surface area (Å²) in [5.41, 5.74) is 8.85. The van der Waals surface area contributed by atoms with Crippen LogP contribution < -0.4 is 11.1 Å². The summed E-state index contributed by atoms with van der Waals surface area (Å²) in [6.07, 6.45) is 10.3. The van der Waals surface area contributed by atoms with E-state index in [9.17, 15) is 0 Å². The van der Waals surface area contributed by atoms with Crippen molar-refractivity contribution >= 4 is 5.82 Å². The maximum absolute atomic E-state index is 5.97. The number of hydrogen-bond donors (Lipinski definition) is 2. The predicted molar refractivity (Wildman–Crippen MR) is 72.5 cm³/mol. The smallest absolute Gasteiger partial charge is 0.132 e. The number of aromatic nitrogens is 2. The van der Waals surface area contributed by atoms with Crippen molar-refractivity contribution in [1.29, 1.82) is 0 Å². The van der Waals surface area contributed by atoms with Crippen molar-refractivity contribution in [2.45, 2.75) is 44.9 Å². The average molecular weight is 246 g/mol. The van der Waals surface area contributed by atoms with Crippen molar-refractivity contribution in [2.75, 3.05) is 18.4 Å². The number of hydrogen-bond acceptors (Lipinski definition) is 4. The number of anilines is 1. The molecule has 0 aliphatic heterocycles. The second-order valence-electron chi connectivity index (χ2n) is 5.77. The standard InChI is InChI=1S/C14H22N4/c15-8-14(6-1-2-7-14)9-16-13-11-4-3-5-12(11)17-10-18-13/h10H,1-9,15H2,(H,16,17,18). The fraction of sp³-hybridized carbons (Fsp3) is 0.714. The highest BCUT2D eigenvalue weighted by molar-refractivity contribution is 5.48. The van der Waals surface area contributed by atoms with Crippen LogP contribution in [0.25, 0.3) is 0 Å². The van der Waals surface area contributed by atoms with Gasteiger partial charge in [0.1, 0.15) is 12.1 Å². The molecule has 1 heterocycles. The summed E-state index contributed by atoms with van der Waals surface area (Å²) in [7, 11) is 0. The molecule has 0 bridgehead atoms. The van der Waals surface area contributed by atoms with Gasteiger partial charge in [0.15, 0.2) is 0 Å².